The van der Waals surface area contributed by atoms with Gasteiger partial charge in [0.2, 0.25) is 0 Å². The van der Waals surface area contributed by atoms with Crippen molar-refractivity contribution in [3.63, 3.8) is 0 Å². The van der Waals surface area contributed by atoms with Crippen LogP contribution in [0.1, 0.15) is 0 Å². The normalized spacial score (nSPS) is 11.9. The maximum Gasteiger partial charge on any atom is 0.339 e. The van der Waals surface area contributed by atoms with E-state index in [2.05, 4.69) is 15.9 Å². The van der Waals surface area contributed by atoms with Crippen LogP contribution in [0.4, 0.5) is 0 Å². The van der Waals surface area contributed by atoms with Crippen LogP contribution in [0.5, 0.6) is 5.75 Å². The Morgan fingerprint density at radius 2 is 1.54 bits per heavy atom. The van der Waals surface area contributed by atoms with Crippen molar-refractivity contribution in [1.29, 1.82) is 0 Å². The number of hydrogen-bond acceptors (Lipinski definition) is 4. The Labute approximate surface area is 146 Å². The minimum absolute atomic E-state index is 0.0930. The van der Waals surface area contributed by atoms with Crippen LogP contribution in [-0.2, 0) is 10.1 Å². The molecular formula is C18H11BrO4S. The van der Waals surface area contributed by atoms with Crippen molar-refractivity contribution in [2.24, 2.45) is 0 Å². The van der Waals surface area contributed by atoms with Gasteiger partial charge in [0.25, 0.3) is 0 Å². The predicted molar refractivity (Wildman–Crippen MR) is 95.7 cm³/mol. The molecule has 0 amide bonds. The zero-order valence-corrected chi connectivity index (χ0v) is 14.7. The van der Waals surface area contributed by atoms with Gasteiger partial charge in [-0.1, -0.05) is 34.1 Å². The van der Waals surface area contributed by atoms with E-state index in [-0.39, 0.29) is 10.6 Å². The third-order valence-electron chi connectivity index (χ3n) is 3.66. The molecule has 0 radical (unpaired) electrons. The van der Waals surface area contributed by atoms with E-state index < -0.39 is 10.1 Å². The van der Waals surface area contributed by atoms with Crippen LogP contribution in [0, 0.1) is 0 Å². The first kappa shape index (κ1) is 15.2. The lowest BCUT2D eigenvalue weighted by Gasteiger charge is -2.07. The van der Waals surface area contributed by atoms with Gasteiger partial charge < -0.3 is 8.60 Å². The van der Waals surface area contributed by atoms with Gasteiger partial charge >= 0.3 is 10.1 Å². The fraction of sp³-hybridized carbons (Fsp3) is 0. The fourth-order valence-electron chi connectivity index (χ4n) is 2.53. The van der Waals surface area contributed by atoms with Gasteiger partial charge in [0.15, 0.2) is 0 Å². The van der Waals surface area contributed by atoms with E-state index in [9.17, 15) is 8.42 Å². The Hall–Kier alpha value is -2.31. The van der Waals surface area contributed by atoms with E-state index in [1.54, 1.807) is 30.3 Å². The number of fused-ring (bicyclic) bond motifs is 3. The van der Waals surface area contributed by atoms with Crippen LogP contribution in [0.15, 0.2) is 80.5 Å². The Kier molecular flexibility index (Phi) is 3.58. The molecule has 24 heavy (non-hydrogen) atoms. The average molecular weight is 403 g/mol. The number of para-hydroxylation sites is 1. The van der Waals surface area contributed by atoms with Crippen molar-refractivity contribution in [3.05, 3.63) is 71.2 Å². The van der Waals surface area contributed by atoms with Crippen LogP contribution < -0.4 is 4.18 Å². The van der Waals surface area contributed by atoms with Gasteiger partial charge in [0.05, 0.1) is 0 Å². The number of halogens is 1. The summed E-state index contributed by atoms with van der Waals surface area (Å²) in [5, 5.41) is 1.90. The molecule has 0 fully saturated rings. The van der Waals surface area contributed by atoms with Gasteiger partial charge in [-0.05, 0) is 42.5 Å². The van der Waals surface area contributed by atoms with Gasteiger partial charge in [-0.15, -0.1) is 0 Å². The number of rotatable bonds is 3. The molecule has 0 aliphatic rings. The topological polar surface area (TPSA) is 56.5 Å². The molecule has 0 aliphatic carbocycles. The second-order valence-electron chi connectivity index (χ2n) is 5.25. The third kappa shape index (κ3) is 2.68. The van der Waals surface area contributed by atoms with E-state index in [0.29, 0.717) is 5.58 Å². The third-order valence-corrected chi connectivity index (χ3v) is 5.45. The van der Waals surface area contributed by atoms with Gasteiger partial charge in [-0.3, -0.25) is 0 Å². The maximum atomic E-state index is 12.4. The van der Waals surface area contributed by atoms with E-state index >= 15 is 0 Å². The molecule has 0 unspecified atom stereocenters. The summed E-state index contributed by atoms with van der Waals surface area (Å²) in [4.78, 5) is 0.0930. The SMILES string of the molecule is O=S(=O)(Oc1ccc2c(c1)oc1ccccc12)c1ccc(Br)cc1. The van der Waals surface area contributed by atoms with Gasteiger partial charge in [0.1, 0.15) is 21.8 Å². The summed E-state index contributed by atoms with van der Waals surface area (Å²) in [5.74, 6) is 0.212. The summed E-state index contributed by atoms with van der Waals surface area (Å²) >= 11 is 3.27. The highest BCUT2D eigenvalue weighted by Crippen LogP contribution is 2.32. The molecule has 0 bridgehead atoms. The molecule has 4 nitrogen and oxygen atoms in total. The number of furan rings is 1. The first-order valence-electron chi connectivity index (χ1n) is 7.14. The van der Waals surface area contributed by atoms with Crippen LogP contribution in [0.3, 0.4) is 0 Å². The molecule has 0 saturated carbocycles. The second kappa shape index (κ2) is 5.65. The van der Waals surface area contributed by atoms with Gasteiger partial charge in [0, 0.05) is 21.3 Å². The first-order valence-corrected chi connectivity index (χ1v) is 9.34. The minimum Gasteiger partial charge on any atom is -0.456 e. The molecule has 4 aromatic rings. The van der Waals surface area contributed by atoms with Crippen molar-refractivity contribution in [1.82, 2.24) is 0 Å². The molecule has 0 saturated heterocycles. The lowest BCUT2D eigenvalue weighted by molar-refractivity contribution is 0.486. The van der Waals surface area contributed by atoms with Crippen molar-refractivity contribution >= 4 is 48.0 Å². The predicted octanol–water partition coefficient (Wildman–Crippen LogP) is 5.12. The minimum atomic E-state index is -3.89. The highest BCUT2D eigenvalue weighted by atomic mass is 79.9. The molecule has 3 aromatic carbocycles. The highest BCUT2D eigenvalue weighted by molar-refractivity contribution is 9.10. The average Bonchev–Trinajstić information content (AvgIpc) is 2.92. The van der Waals surface area contributed by atoms with Crippen molar-refractivity contribution < 1.29 is 17.0 Å². The molecule has 1 heterocycles. The Bertz CT molecular complexity index is 1140. The van der Waals surface area contributed by atoms with Crippen LogP contribution in [0.25, 0.3) is 21.9 Å². The zero-order valence-electron chi connectivity index (χ0n) is 12.3. The maximum absolute atomic E-state index is 12.4. The summed E-state index contributed by atoms with van der Waals surface area (Å²) in [5.41, 5.74) is 1.33. The molecular weight excluding hydrogens is 392 g/mol. The summed E-state index contributed by atoms with van der Waals surface area (Å²) in [7, 11) is -3.89. The first-order chi connectivity index (χ1) is 11.5. The van der Waals surface area contributed by atoms with Crippen LogP contribution in [-0.4, -0.2) is 8.42 Å². The molecule has 1 aromatic heterocycles. The van der Waals surface area contributed by atoms with Gasteiger partial charge in [-0.25, -0.2) is 0 Å². The standard InChI is InChI=1S/C18H11BrO4S/c19-12-5-8-14(9-6-12)24(20,21)23-13-7-10-16-15-3-1-2-4-17(15)22-18(16)11-13/h1-11H. The molecule has 6 heteroatoms. The van der Waals surface area contributed by atoms with E-state index in [0.717, 1.165) is 20.8 Å². The lowest BCUT2D eigenvalue weighted by Crippen LogP contribution is -2.09. The summed E-state index contributed by atoms with van der Waals surface area (Å²) in [6.07, 6.45) is 0. The summed E-state index contributed by atoms with van der Waals surface area (Å²) in [6, 6.07) is 18.9. The quantitative estimate of drug-likeness (QED) is 0.446. The Balaban J connectivity index is 1.74. The molecule has 0 atom stereocenters. The molecule has 120 valence electrons. The van der Waals surface area contributed by atoms with E-state index in [4.69, 9.17) is 8.60 Å². The van der Waals surface area contributed by atoms with E-state index in [1.807, 2.05) is 24.3 Å². The summed E-state index contributed by atoms with van der Waals surface area (Å²) < 4.78 is 36.5. The van der Waals surface area contributed by atoms with Crippen molar-refractivity contribution in [2.75, 3.05) is 0 Å². The van der Waals surface area contributed by atoms with E-state index in [1.165, 1.54) is 12.1 Å². The van der Waals surface area contributed by atoms with Crippen LogP contribution >= 0.6 is 15.9 Å². The molecule has 4 rings (SSSR count). The zero-order chi connectivity index (χ0) is 16.7. The number of hydrogen-bond donors (Lipinski definition) is 0. The van der Waals surface area contributed by atoms with Gasteiger partial charge in [-0.2, -0.15) is 8.42 Å². The smallest absolute Gasteiger partial charge is 0.339 e. The lowest BCUT2D eigenvalue weighted by atomic mass is 10.1. The Morgan fingerprint density at radius 1 is 0.833 bits per heavy atom. The molecule has 0 spiro atoms. The monoisotopic (exact) mass is 402 g/mol. The molecule has 0 aliphatic heterocycles. The highest BCUT2D eigenvalue weighted by Gasteiger charge is 2.17. The second-order valence-corrected chi connectivity index (χ2v) is 7.71. The van der Waals surface area contributed by atoms with Crippen molar-refractivity contribution in [2.45, 2.75) is 4.90 Å². The van der Waals surface area contributed by atoms with Crippen LogP contribution in [0.2, 0.25) is 0 Å². The largest absolute Gasteiger partial charge is 0.456 e. The molecule has 0 N–H and O–H groups in total. The summed E-state index contributed by atoms with van der Waals surface area (Å²) in [6.45, 7) is 0. The fourth-order valence-corrected chi connectivity index (χ4v) is 3.72. The van der Waals surface area contributed by atoms with Crippen molar-refractivity contribution in [3.8, 4) is 5.75 Å². The number of benzene rings is 3. The Morgan fingerprint density at radius 3 is 2.33 bits per heavy atom.